The second-order valence-corrected chi connectivity index (χ2v) is 16.3. The van der Waals surface area contributed by atoms with Crippen molar-refractivity contribution in [1.29, 1.82) is 0 Å². The van der Waals surface area contributed by atoms with Crippen molar-refractivity contribution in [2.45, 2.75) is 81.3 Å². The van der Waals surface area contributed by atoms with Crippen molar-refractivity contribution in [2.75, 3.05) is 6.61 Å². The topological polar surface area (TPSA) is 44.8 Å². The number of hydrogen-bond donors (Lipinski definition) is 0. The fourth-order valence-corrected chi connectivity index (χ4v) is 12.1. The Morgan fingerprint density at radius 1 is 1.23 bits per heavy atom. The number of esters is 1. The van der Waals surface area contributed by atoms with Gasteiger partial charge in [0.2, 0.25) is 0 Å². The van der Waals surface area contributed by atoms with Crippen molar-refractivity contribution in [1.82, 2.24) is 0 Å². The van der Waals surface area contributed by atoms with Gasteiger partial charge >= 0.3 is 14.5 Å². The van der Waals surface area contributed by atoms with Crippen LogP contribution in [-0.2, 0) is 18.4 Å². The molecular weight excluding hydrogens is 384 g/mol. The van der Waals surface area contributed by atoms with Gasteiger partial charge in [-0.1, -0.05) is 47.6 Å². The summed E-state index contributed by atoms with van der Waals surface area (Å²) >= 11 is 3.54. The number of ether oxygens (including phenoxy) is 1. The lowest BCUT2D eigenvalue weighted by molar-refractivity contribution is -0.153. The summed E-state index contributed by atoms with van der Waals surface area (Å²) < 4.78 is 19.3. The van der Waals surface area contributed by atoms with E-state index in [9.17, 15) is 4.79 Å². The van der Waals surface area contributed by atoms with E-state index < -0.39 is 8.56 Å². The first-order valence-electron chi connectivity index (χ1n) is 9.14. The third-order valence-corrected chi connectivity index (χ3v) is 13.0. The third-order valence-electron chi connectivity index (χ3n) is 5.16. The van der Waals surface area contributed by atoms with E-state index in [2.05, 4.69) is 53.0 Å². The van der Waals surface area contributed by atoms with Crippen LogP contribution in [0.25, 0.3) is 0 Å². The minimum Gasteiger partial charge on any atom is -0.458 e. The molecule has 0 spiro atoms. The van der Waals surface area contributed by atoms with Crippen LogP contribution in [-0.4, -0.2) is 38.6 Å². The molecule has 146 valence electrons. The minimum absolute atomic E-state index is 0.0807. The summed E-state index contributed by atoms with van der Waals surface area (Å²) in [5.74, 6) is -0.244. The summed E-state index contributed by atoms with van der Waals surface area (Å²) in [6.45, 7) is 15.4. The van der Waals surface area contributed by atoms with Gasteiger partial charge in [-0.3, -0.25) is 4.79 Å². The monoisotopic (exact) mass is 414 g/mol. The van der Waals surface area contributed by atoms with Crippen LogP contribution in [0.2, 0.25) is 10.1 Å². The molecule has 2 fully saturated rings. The molecule has 0 N–H and O–H groups in total. The highest BCUT2D eigenvalue weighted by Crippen LogP contribution is 2.59. The van der Waals surface area contributed by atoms with Crippen molar-refractivity contribution in [3.8, 4) is 0 Å². The fourth-order valence-electron chi connectivity index (χ4n) is 4.34. The molecule has 0 aromatic carbocycles. The van der Waals surface area contributed by atoms with Gasteiger partial charge in [0.25, 0.3) is 0 Å². The minimum atomic E-state index is -2.58. The SMILES string of the molecule is CC(=O)O[C@@H]1[C@@H]2O[Si](C(C)(C)C)(C(C)(C)C)OC[C@H]2S[C@H]1c1cccs1. The maximum absolute atomic E-state index is 11.8. The molecule has 0 bridgehead atoms. The Labute approximate surface area is 166 Å². The van der Waals surface area contributed by atoms with Crippen LogP contribution >= 0.6 is 23.1 Å². The van der Waals surface area contributed by atoms with Gasteiger partial charge in [-0.2, -0.15) is 0 Å². The molecule has 0 radical (unpaired) electrons. The van der Waals surface area contributed by atoms with E-state index in [1.165, 1.54) is 11.8 Å². The predicted molar refractivity (Wildman–Crippen MR) is 110 cm³/mol. The van der Waals surface area contributed by atoms with Crippen molar-refractivity contribution >= 4 is 37.6 Å². The van der Waals surface area contributed by atoms with Crippen molar-refractivity contribution in [2.24, 2.45) is 0 Å². The molecule has 7 heteroatoms. The van der Waals surface area contributed by atoms with Crippen LogP contribution in [0.15, 0.2) is 17.5 Å². The van der Waals surface area contributed by atoms with E-state index in [-0.39, 0.29) is 38.8 Å². The number of hydrogen-bond acceptors (Lipinski definition) is 6. The molecule has 0 aliphatic carbocycles. The Hall–Kier alpha value is -0.343. The molecule has 2 aliphatic heterocycles. The Balaban J connectivity index is 1.97. The summed E-state index contributed by atoms with van der Waals surface area (Å²) in [5.41, 5.74) is 0. The molecule has 3 heterocycles. The van der Waals surface area contributed by atoms with Crippen molar-refractivity contribution < 1.29 is 18.4 Å². The Bertz CT molecular complexity index is 633. The third kappa shape index (κ3) is 3.41. The van der Waals surface area contributed by atoms with E-state index >= 15 is 0 Å². The van der Waals surface area contributed by atoms with Crippen LogP contribution < -0.4 is 0 Å². The van der Waals surface area contributed by atoms with E-state index in [1.54, 1.807) is 11.3 Å². The van der Waals surface area contributed by atoms with Gasteiger partial charge in [0, 0.05) is 21.9 Å². The second kappa shape index (κ2) is 6.92. The van der Waals surface area contributed by atoms with Gasteiger partial charge in [-0.25, -0.2) is 0 Å². The fraction of sp³-hybridized carbons (Fsp3) is 0.737. The average Bonchev–Trinajstić information content (AvgIpc) is 3.12. The van der Waals surface area contributed by atoms with E-state index in [4.69, 9.17) is 13.6 Å². The summed E-state index contributed by atoms with van der Waals surface area (Å²) in [4.78, 5) is 13.1. The molecule has 2 aliphatic rings. The lowest BCUT2D eigenvalue weighted by atomic mass is 10.1. The van der Waals surface area contributed by atoms with Crippen LogP contribution in [0, 0.1) is 0 Å². The molecule has 2 saturated heterocycles. The highest BCUT2D eigenvalue weighted by molar-refractivity contribution is 8.00. The summed E-state index contributed by atoms with van der Waals surface area (Å²) in [6, 6.07) is 4.17. The Morgan fingerprint density at radius 2 is 1.88 bits per heavy atom. The number of carbonyl (C=O) groups excluding carboxylic acids is 1. The molecule has 0 unspecified atom stereocenters. The second-order valence-electron chi connectivity index (χ2n) is 9.19. The summed E-state index contributed by atoms with van der Waals surface area (Å²) in [5, 5.41) is 2.22. The molecule has 26 heavy (non-hydrogen) atoms. The smallest absolute Gasteiger partial charge is 0.349 e. The molecule has 4 atom stereocenters. The van der Waals surface area contributed by atoms with Crippen LogP contribution in [0.4, 0.5) is 0 Å². The molecule has 0 saturated carbocycles. The highest BCUT2D eigenvalue weighted by atomic mass is 32.2. The lowest BCUT2D eigenvalue weighted by Gasteiger charge is -2.54. The first-order chi connectivity index (χ1) is 12.0. The number of fused-ring (bicyclic) bond motifs is 1. The molecule has 1 aromatic heterocycles. The maximum atomic E-state index is 11.8. The first kappa shape index (κ1) is 20.4. The number of carbonyl (C=O) groups is 1. The average molecular weight is 415 g/mol. The predicted octanol–water partition coefficient (Wildman–Crippen LogP) is 5.29. The molecule has 4 nitrogen and oxygen atoms in total. The van der Waals surface area contributed by atoms with Crippen LogP contribution in [0.1, 0.15) is 58.6 Å². The van der Waals surface area contributed by atoms with Gasteiger partial charge < -0.3 is 13.6 Å². The van der Waals surface area contributed by atoms with E-state index in [1.807, 2.05) is 17.8 Å². The standard InChI is InChI=1S/C19H30O4S2Si/c1-12(20)22-16-15-14(25-17(16)13-9-8-10-24-13)11-21-26(23-15,18(2,3)4)19(5,6)7/h8-10,14-17H,11H2,1-7H3/t14-,15-,16-,17+/m1/s1. The van der Waals surface area contributed by atoms with Gasteiger partial charge in [-0.15, -0.1) is 23.1 Å². The zero-order valence-corrected chi connectivity index (χ0v) is 19.3. The van der Waals surface area contributed by atoms with Crippen LogP contribution in [0.3, 0.4) is 0 Å². The summed E-state index contributed by atoms with van der Waals surface area (Å²) in [6.07, 6.45) is -0.378. The zero-order chi connectivity index (χ0) is 19.3. The van der Waals surface area contributed by atoms with Crippen LogP contribution in [0.5, 0.6) is 0 Å². The zero-order valence-electron chi connectivity index (χ0n) is 16.7. The Morgan fingerprint density at radius 3 is 2.38 bits per heavy atom. The van der Waals surface area contributed by atoms with Gasteiger partial charge in [0.05, 0.1) is 23.2 Å². The normalized spacial score (nSPS) is 31.5. The Kier molecular flexibility index (Phi) is 5.43. The first-order valence-corrected chi connectivity index (χ1v) is 12.8. The number of rotatable bonds is 2. The van der Waals surface area contributed by atoms with Crippen molar-refractivity contribution in [3.63, 3.8) is 0 Å². The molecule has 0 amide bonds. The number of thiophene rings is 1. The number of thioether (sulfide) groups is 1. The van der Waals surface area contributed by atoms with E-state index in [0.717, 1.165) is 0 Å². The summed E-state index contributed by atoms with van der Waals surface area (Å²) in [7, 11) is -2.58. The molecule has 1 aromatic rings. The van der Waals surface area contributed by atoms with Gasteiger partial charge in [0.15, 0.2) is 0 Å². The highest BCUT2D eigenvalue weighted by Gasteiger charge is 2.65. The maximum Gasteiger partial charge on any atom is 0.349 e. The van der Waals surface area contributed by atoms with Crippen molar-refractivity contribution in [3.05, 3.63) is 22.4 Å². The van der Waals surface area contributed by atoms with E-state index in [0.29, 0.717) is 6.61 Å². The van der Waals surface area contributed by atoms with Gasteiger partial charge in [0.1, 0.15) is 6.10 Å². The molecular formula is C19H30O4S2Si. The van der Waals surface area contributed by atoms with Gasteiger partial charge in [-0.05, 0) is 11.4 Å². The lowest BCUT2D eigenvalue weighted by Crippen LogP contribution is -2.65. The quantitative estimate of drug-likeness (QED) is 0.486. The largest absolute Gasteiger partial charge is 0.458 e. The molecule has 3 rings (SSSR count).